The zero-order valence-corrected chi connectivity index (χ0v) is 16.9. The number of ketones is 1. The van der Waals surface area contributed by atoms with E-state index in [0.29, 0.717) is 10.9 Å². The van der Waals surface area contributed by atoms with Crippen molar-refractivity contribution in [1.82, 2.24) is 0 Å². The third-order valence-corrected chi connectivity index (χ3v) is 5.69. The number of phenols is 1. The lowest BCUT2D eigenvalue weighted by Gasteiger charge is -2.20. The fourth-order valence-electron chi connectivity index (χ4n) is 4.20. The molecule has 0 bridgehead atoms. The highest BCUT2D eigenvalue weighted by Gasteiger charge is 2.22. The number of allylic oxidation sites excluding steroid dienone is 3. The molecular weight excluding hydrogens is 402 g/mol. The monoisotopic (exact) mass is 419 g/mol. The van der Waals surface area contributed by atoms with Crippen LogP contribution in [0.1, 0.15) is 27.0 Å². The molecule has 5 heteroatoms. The summed E-state index contributed by atoms with van der Waals surface area (Å²) >= 11 is 0. The summed E-state index contributed by atoms with van der Waals surface area (Å²) in [5.74, 6) is 0.107. The highest BCUT2D eigenvalue weighted by molar-refractivity contribution is 6.18. The lowest BCUT2D eigenvalue weighted by Crippen LogP contribution is -2.06. The van der Waals surface area contributed by atoms with Crippen LogP contribution in [-0.2, 0) is 0 Å². The summed E-state index contributed by atoms with van der Waals surface area (Å²) < 4.78 is 0. The van der Waals surface area contributed by atoms with E-state index in [0.717, 1.165) is 33.2 Å². The minimum Gasteiger partial charge on any atom is -0.507 e. The Morgan fingerprint density at radius 1 is 0.750 bits per heavy atom. The Labute approximate surface area is 183 Å². The first kappa shape index (κ1) is 19.5. The van der Waals surface area contributed by atoms with Crippen molar-refractivity contribution in [3.8, 4) is 5.75 Å². The van der Waals surface area contributed by atoms with Crippen LogP contribution in [0, 0.1) is 10.1 Å². The minimum absolute atomic E-state index is 0.00317. The second-order valence-corrected chi connectivity index (χ2v) is 7.51. The Balaban J connectivity index is 1.88. The topological polar surface area (TPSA) is 80.4 Å². The van der Waals surface area contributed by atoms with Crippen LogP contribution >= 0.6 is 0 Å². The number of hydrogen-bond acceptors (Lipinski definition) is 4. The van der Waals surface area contributed by atoms with Crippen molar-refractivity contribution in [2.75, 3.05) is 0 Å². The molecule has 0 spiro atoms. The smallest absolute Gasteiger partial charge is 0.269 e. The Hall–Kier alpha value is -4.51. The number of fused-ring (bicyclic) bond motifs is 2. The van der Waals surface area contributed by atoms with E-state index < -0.39 is 4.92 Å². The van der Waals surface area contributed by atoms with E-state index in [2.05, 4.69) is 0 Å². The van der Waals surface area contributed by atoms with Gasteiger partial charge >= 0.3 is 0 Å². The maximum atomic E-state index is 12.5. The number of nitro groups is 1. The summed E-state index contributed by atoms with van der Waals surface area (Å²) in [4.78, 5) is 23.2. The van der Waals surface area contributed by atoms with Gasteiger partial charge in [0.1, 0.15) is 5.75 Å². The van der Waals surface area contributed by atoms with Gasteiger partial charge in [-0.3, -0.25) is 14.9 Å². The van der Waals surface area contributed by atoms with Crippen molar-refractivity contribution in [1.29, 1.82) is 0 Å². The van der Waals surface area contributed by atoms with Gasteiger partial charge in [0.25, 0.3) is 5.69 Å². The number of aromatic hydroxyl groups is 1. The van der Waals surface area contributed by atoms with Gasteiger partial charge in [0, 0.05) is 23.1 Å². The zero-order valence-electron chi connectivity index (χ0n) is 16.9. The Bertz CT molecular complexity index is 1460. The number of benzene rings is 4. The summed E-state index contributed by atoms with van der Waals surface area (Å²) in [6.45, 7) is 0. The number of nitrogens with zero attached hydrogens (tertiary/aromatic N) is 1. The highest BCUT2D eigenvalue weighted by Crippen LogP contribution is 2.41. The van der Waals surface area contributed by atoms with Crippen LogP contribution in [0.2, 0.25) is 0 Å². The second-order valence-electron chi connectivity index (χ2n) is 7.51. The molecule has 4 aromatic carbocycles. The Kier molecular flexibility index (Phi) is 4.64. The summed E-state index contributed by atoms with van der Waals surface area (Å²) in [5, 5.41) is 23.1. The molecule has 1 N–H and O–H groups in total. The van der Waals surface area contributed by atoms with Crippen LogP contribution in [0.25, 0.3) is 21.9 Å². The van der Waals surface area contributed by atoms with E-state index >= 15 is 0 Å². The molecule has 0 atom stereocenters. The van der Waals surface area contributed by atoms with E-state index in [-0.39, 0.29) is 17.2 Å². The van der Waals surface area contributed by atoms with Gasteiger partial charge < -0.3 is 5.11 Å². The van der Waals surface area contributed by atoms with Crippen molar-refractivity contribution < 1.29 is 14.8 Å². The fourth-order valence-corrected chi connectivity index (χ4v) is 4.20. The van der Waals surface area contributed by atoms with E-state index in [1.807, 2.05) is 48.5 Å². The molecule has 5 nitrogen and oxygen atoms in total. The Morgan fingerprint density at radius 2 is 1.41 bits per heavy atom. The lowest BCUT2D eigenvalue weighted by atomic mass is 9.82. The minimum atomic E-state index is -0.430. The lowest BCUT2D eigenvalue weighted by molar-refractivity contribution is -0.384. The molecular formula is C27H17NO4. The highest BCUT2D eigenvalue weighted by atomic mass is 16.6. The number of carbonyl (C=O) groups excluding carboxylic acids is 1. The van der Waals surface area contributed by atoms with Gasteiger partial charge in [-0.1, -0.05) is 54.6 Å². The standard InChI is InChI=1S/C27H17NO4/c29-25-15-13-23(19-5-1-3-7-21(19)25)27(17-9-11-18(12-10-17)28(31)32)24-14-16-26(30)22-8-4-2-6-20(22)24/h1-16,29H/b27-24+. The quantitative estimate of drug-likeness (QED) is 0.318. The van der Waals surface area contributed by atoms with Crippen LogP contribution in [0.5, 0.6) is 5.75 Å². The number of phenolic OH excluding ortho intramolecular Hbond substituents is 1. The molecule has 1 aliphatic carbocycles. The summed E-state index contributed by atoms with van der Waals surface area (Å²) in [5.41, 5.74) is 4.70. The number of carbonyl (C=O) groups is 1. The predicted octanol–water partition coefficient (Wildman–Crippen LogP) is 6.17. The first-order valence-corrected chi connectivity index (χ1v) is 10.1. The largest absolute Gasteiger partial charge is 0.507 e. The van der Waals surface area contributed by atoms with E-state index in [4.69, 9.17) is 0 Å². The third kappa shape index (κ3) is 3.17. The molecule has 0 radical (unpaired) electrons. The first-order chi connectivity index (χ1) is 15.5. The zero-order chi connectivity index (χ0) is 22.2. The van der Waals surface area contributed by atoms with Gasteiger partial charge in [-0.15, -0.1) is 0 Å². The molecule has 0 unspecified atom stereocenters. The van der Waals surface area contributed by atoms with Gasteiger partial charge in [0.15, 0.2) is 5.78 Å². The molecule has 0 aliphatic heterocycles. The van der Waals surface area contributed by atoms with Gasteiger partial charge in [-0.05, 0) is 63.6 Å². The molecule has 0 saturated heterocycles. The van der Waals surface area contributed by atoms with E-state index in [1.165, 1.54) is 12.1 Å². The van der Waals surface area contributed by atoms with Gasteiger partial charge in [0.2, 0.25) is 0 Å². The van der Waals surface area contributed by atoms with Crippen LogP contribution in [0.15, 0.2) is 97.1 Å². The maximum Gasteiger partial charge on any atom is 0.269 e. The van der Waals surface area contributed by atoms with Crippen LogP contribution in [-0.4, -0.2) is 15.8 Å². The van der Waals surface area contributed by atoms with Crippen LogP contribution in [0.4, 0.5) is 5.69 Å². The van der Waals surface area contributed by atoms with Crippen molar-refractivity contribution in [3.63, 3.8) is 0 Å². The van der Waals surface area contributed by atoms with Crippen molar-refractivity contribution in [2.24, 2.45) is 0 Å². The second kappa shape index (κ2) is 7.63. The molecule has 0 aromatic heterocycles. The van der Waals surface area contributed by atoms with Crippen LogP contribution in [0.3, 0.4) is 0 Å². The summed E-state index contributed by atoms with van der Waals surface area (Å²) in [7, 11) is 0. The molecule has 0 fully saturated rings. The number of hydrogen-bond donors (Lipinski definition) is 1. The first-order valence-electron chi connectivity index (χ1n) is 10.1. The van der Waals surface area contributed by atoms with Crippen molar-refractivity contribution in [3.05, 3.63) is 129 Å². The average molecular weight is 419 g/mol. The maximum absolute atomic E-state index is 12.5. The predicted molar refractivity (Wildman–Crippen MR) is 125 cm³/mol. The molecule has 4 aromatic rings. The fraction of sp³-hybridized carbons (Fsp3) is 0. The van der Waals surface area contributed by atoms with Crippen LogP contribution < -0.4 is 0 Å². The molecule has 32 heavy (non-hydrogen) atoms. The average Bonchev–Trinajstić information content (AvgIpc) is 2.83. The SMILES string of the molecule is O=C1C=C/C(=C(/c2ccc([N+](=O)[O-])cc2)c2ccc(O)c3ccccc23)c2ccccc21. The normalized spacial score (nSPS) is 14.3. The number of rotatable bonds is 3. The molecule has 0 heterocycles. The van der Waals surface area contributed by atoms with E-state index in [9.17, 15) is 20.0 Å². The molecule has 5 rings (SSSR count). The van der Waals surface area contributed by atoms with Crippen molar-refractivity contribution in [2.45, 2.75) is 0 Å². The molecule has 0 amide bonds. The third-order valence-electron chi connectivity index (χ3n) is 5.69. The molecule has 154 valence electrons. The molecule has 0 saturated carbocycles. The summed E-state index contributed by atoms with van der Waals surface area (Å²) in [6, 6.07) is 24.8. The van der Waals surface area contributed by atoms with Gasteiger partial charge in [-0.25, -0.2) is 0 Å². The van der Waals surface area contributed by atoms with Gasteiger partial charge in [0.05, 0.1) is 4.92 Å². The van der Waals surface area contributed by atoms with Crippen molar-refractivity contribution >= 4 is 33.4 Å². The Morgan fingerprint density at radius 3 is 2.12 bits per heavy atom. The summed E-state index contributed by atoms with van der Waals surface area (Å²) in [6.07, 6.45) is 3.34. The number of nitro benzene ring substituents is 1. The number of non-ortho nitro benzene ring substituents is 1. The molecule has 1 aliphatic rings. The van der Waals surface area contributed by atoms with E-state index in [1.54, 1.807) is 36.4 Å². The van der Waals surface area contributed by atoms with Gasteiger partial charge in [-0.2, -0.15) is 0 Å².